The molecule has 4 rings (SSSR count). The van der Waals surface area contributed by atoms with Crippen molar-refractivity contribution in [3.05, 3.63) is 64.9 Å². The van der Waals surface area contributed by atoms with Crippen molar-refractivity contribution in [3.63, 3.8) is 0 Å². The van der Waals surface area contributed by atoms with E-state index < -0.39 is 0 Å². The van der Waals surface area contributed by atoms with Gasteiger partial charge in [-0.2, -0.15) is 10.1 Å². The Hall–Kier alpha value is -2.73. The van der Waals surface area contributed by atoms with E-state index in [1.54, 1.807) is 20.5 Å². The Labute approximate surface area is 156 Å². The van der Waals surface area contributed by atoms with Gasteiger partial charge >= 0.3 is 0 Å². The van der Waals surface area contributed by atoms with Gasteiger partial charge in [-0.1, -0.05) is 35.9 Å². The first-order valence-corrected chi connectivity index (χ1v) is 8.71. The van der Waals surface area contributed by atoms with Crippen molar-refractivity contribution >= 4 is 17.5 Å². The molecule has 134 valence electrons. The fraction of sp³-hybridized carbons (Fsp3) is 0.263. The smallest absolute Gasteiger partial charge is 0.222 e. The number of nitrogens with one attached hydrogen (secondary N) is 1. The molecule has 0 spiro atoms. The summed E-state index contributed by atoms with van der Waals surface area (Å²) in [7, 11) is 3.29. The van der Waals surface area contributed by atoms with Crippen molar-refractivity contribution < 1.29 is 9.47 Å². The van der Waals surface area contributed by atoms with Crippen LogP contribution in [0.3, 0.4) is 0 Å². The molecule has 3 aromatic rings. The summed E-state index contributed by atoms with van der Waals surface area (Å²) in [6, 6.07) is 13.8. The van der Waals surface area contributed by atoms with Crippen molar-refractivity contribution in [2.45, 2.75) is 18.5 Å². The third-order valence-electron chi connectivity index (χ3n) is 4.70. The monoisotopic (exact) mass is 370 g/mol. The predicted octanol–water partition coefficient (Wildman–Crippen LogP) is 4.10. The van der Waals surface area contributed by atoms with Crippen LogP contribution in [0.15, 0.2) is 48.8 Å². The van der Waals surface area contributed by atoms with Crippen molar-refractivity contribution in [1.29, 1.82) is 0 Å². The number of aromatic nitrogens is 3. The Morgan fingerprint density at radius 2 is 1.92 bits per heavy atom. The standard InChI is InChI=1S/C19H19ClN4O2/c1-25-17-5-3-4-14(18(17)26-2)16-10-15(12-6-8-13(20)9-7-12)23-19-21-11-22-24(16)19/h3-9,11,15-16H,10H2,1-2H3,(H,21,22,23)/t15-,16-/m0/s1. The third kappa shape index (κ3) is 2.86. The minimum absolute atomic E-state index is 0.0283. The summed E-state index contributed by atoms with van der Waals surface area (Å²) in [6.07, 6.45) is 2.35. The molecule has 0 bridgehead atoms. The van der Waals surface area contributed by atoms with E-state index in [0.717, 1.165) is 34.3 Å². The number of methoxy groups -OCH3 is 2. The maximum atomic E-state index is 6.03. The summed E-state index contributed by atoms with van der Waals surface area (Å²) in [5.74, 6) is 2.15. The molecule has 0 fully saturated rings. The Morgan fingerprint density at radius 1 is 1.12 bits per heavy atom. The number of nitrogens with zero attached hydrogens (tertiary/aromatic N) is 3. The number of anilines is 1. The summed E-state index contributed by atoms with van der Waals surface area (Å²) < 4.78 is 13.0. The van der Waals surface area contributed by atoms with E-state index in [4.69, 9.17) is 21.1 Å². The van der Waals surface area contributed by atoms with Crippen LogP contribution in [0.1, 0.15) is 29.6 Å². The van der Waals surface area contributed by atoms with Gasteiger partial charge in [-0.3, -0.25) is 0 Å². The summed E-state index contributed by atoms with van der Waals surface area (Å²) >= 11 is 6.03. The molecule has 1 aromatic heterocycles. The van der Waals surface area contributed by atoms with E-state index in [-0.39, 0.29) is 12.1 Å². The van der Waals surface area contributed by atoms with Crippen molar-refractivity contribution in [3.8, 4) is 11.5 Å². The lowest BCUT2D eigenvalue weighted by atomic mass is 9.92. The van der Waals surface area contributed by atoms with Gasteiger partial charge in [0.1, 0.15) is 6.33 Å². The molecular formula is C19H19ClN4O2. The molecule has 0 radical (unpaired) electrons. The van der Waals surface area contributed by atoms with E-state index >= 15 is 0 Å². The number of para-hydroxylation sites is 1. The van der Waals surface area contributed by atoms with E-state index in [0.29, 0.717) is 5.75 Å². The van der Waals surface area contributed by atoms with E-state index in [9.17, 15) is 0 Å². The van der Waals surface area contributed by atoms with Crippen LogP contribution in [0.5, 0.6) is 11.5 Å². The normalized spacial score (nSPS) is 18.7. The quantitative estimate of drug-likeness (QED) is 0.749. The highest BCUT2D eigenvalue weighted by atomic mass is 35.5. The van der Waals surface area contributed by atoms with E-state index in [1.807, 2.05) is 47.1 Å². The molecule has 26 heavy (non-hydrogen) atoms. The first-order valence-electron chi connectivity index (χ1n) is 8.33. The third-order valence-corrected chi connectivity index (χ3v) is 4.95. The van der Waals surface area contributed by atoms with Gasteiger partial charge in [0.25, 0.3) is 0 Å². The van der Waals surface area contributed by atoms with Crippen LogP contribution in [0.2, 0.25) is 5.02 Å². The molecule has 0 unspecified atom stereocenters. The minimum Gasteiger partial charge on any atom is -0.493 e. The average Bonchev–Trinajstić information content (AvgIpc) is 3.15. The highest BCUT2D eigenvalue weighted by Gasteiger charge is 2.32. The molecule has 1 N–H and O–H groups in total. The van der Waals surface area contributed by atoms with Gasteiger partial charge < -0.3 is 14.8 Å². The van der Waals surface area contributed by atoms with E-state index in [2.05, 4.69) is 15.4 Å². The number of fused-ring (bicyclic) bond motifs is 1. The van der Waals surface area contributed by atoms with Crippen molar-refractivity contribution in [2.24, 2.45) is 0 Å². The van der Waals surface area contributed by atoms with Crippen LogP contribution >= 0.6 is 11.6 Å². The highest BCUT2D eigenvalue weighted by molar-refractivity contribution is 6.30. The van der Waals surface area contributed by atoms with Crippen molar-refractivity contribution in [1.82, 2.24) is 14.8 Å². The maximum absolute atomic E-state index is 6.03. The first-order chi connectivity index (χ1) is 12.7. The summed E-state index contributed by atoms with van der Waals surface area (Å²) in [5, 5.41) is 8.59. The molecule has 0 aliphatic carbocycles. The first kappa shape index (κ1) is 16.7. The molecule has 0 amide bonds. The summed E-state index contributed by atoms with van der Waals surface area (Å²) in [5.41, 5.74) is 2.16. The Bertz CT molecular complexity index is 910. The molecule has 2 heterocycles. The lowest BCUT2D eigenvalue weighted by Crippen LogP contribution is -2.28. The van der Waals surface area contributed by atoms with E-state index in [1.165, 1.54) is 0 Å². The molecule has 1 aliphatic rings. The van der Waals surface area contributed by atoms with Gasteiger partial charge in [-0.15, -0.1) is 0 Å². The van der Waals surface area contributed by atoms with Crippen LogP contribution in [0.25, 0.3) is 0 Å². The predicted molar refractivity (Wildman–Crippen MR) is 100 cm³/mol. The molecular weight excluding hydrogens is 352 g/mol. The van der Waals surface area contributed by atoms with Gasteiger partial charge in [0.15, 0.2) is 11.5 Å². The number of benzene rings is 2. The van der Waals surface area contributed by atoms with Gasteiger partial charge in [-0.05, 0) is 30.2 Å². The number of ether oxygens (including phenoxy) is 2. The average molecular weight is 371 g/mol. The Balaban J connectivity index is 1.78. The van der Waals surface area contributed by atoms with Crippen LogP contribution in [-0.2, 0) is 0 Å². The second-order valence-electron chi connectivity index (χ2n) is 6.11. The van der Waals surface area contributed by atoms with Gasteiger partial charge in [0.2, 0.25) is 5.95 Å². The van der Waals surface area contributed by atoms with Crippen LogP contribution in [0.4, 0.5) is 5.95 Å². The van der Waals surface area contributed by atoms with Gasteiger partial charge in [-0.25, -0.2) is 4.68 Å². The highest BCUT2D eigenvalue weighted by Crippen LogP contribution is 2.43. The molecule has 1 aliphatic heterocycles. The van der Waals surface area contributed by atoms with Gasteiger partial charge in [0.05, 0.1) is 26.3 Å². The van der Waals surface area contributed by atoms with Crippen LogP contribution in [-0.4, -0.2) is 29.0 Å². The van der Waals surface area contributed by atoms with Crippen LogP contribution < -0.4 is 14.8 Å². The molecule has 7 heteroatoms. The second kappa shape index (κ2) is 6.88. The maximum Gasteiger partial charge on any atom is 0.222 e. The Kier molecular flexibility index (Phi) is 4.42. The SMILES string of the molecule is COc1cccc([C@@H]2C[C@@H](c3ccc(Cl)cc3)Nc3ncnn32)c1OC. The molecule has 2 aromatic carbocycles. The lowest BCUT2D eigenvalue weighted by molar-refractivity contribution is 0.340. The second-order valence-corrected chi connectivity index (χ2v) is 6.55. The largest absolute Gasteiger partial charge is 0.493 e. The zero-order valence-corrected chi connectivity index (χ0v) is 15.3. The molecule has 0 saturated carbocycles. The topological polar surface area (TPSA) is 61.2 Å². The number of rotatable bonds is 4. The zero-order valence-electron chi connectivity index (χ0n) is 14.5. The number of hydrogen-bond donors (Lipinski definition) is 1. The van der Waals surface area contributed by atoms with Crippen molar-refractivity contribution in [2.75, 3.05) is 19.5 Å². The number of halogens is 1. The lowest BCUT2D eigenvalue weighted by Gasteiger charge is -2.32. The molecule has 0 saturated heterocycles. The fourth-order valence-corrected chi connectivity index (χ4v) is 3.59. The van der Waals surface area contributed by atoms with Crippen LogP contribution in [0, 0.1) is 0 Å². The number of hydrogen-bond acceptors (Lipinski definition) is 5. The zero-order chi connectivity index (χ0) is 18.1. The van der Waals surface area contributed by atoms with Gasteiger partial charge in [0, 0.05) is 10.6 Å². The molecule has 2 atom stereocenters. The fourth-order valence-electron chi connectivity index (χ4n) is 3.47. The summed E-state index contributed by atoms with van der Waals surface area (Å²) in [4.78, 5) is 4.37. The molecule has 6 nitrogen and oxygen atoms in total. The minimum atomic E-state index is -0.0283. The summed E-state index contributed by atoms with van der Waals surface area (Å²) in [6.45, 7) is 0. The Morgan fingerprint density at radius 3 is 2.65 bits per heavy atom.